The monoisotopic (exact) mass is 1700 g/mol. The first-order valence-electron chi connectivity index (χ1n) is 30.0. The van der Waals surface area contributed by atoms with E-state index in [0.717, 1.165) is 0 Å². The second-order valence-electron chi connectivity index (χ2n) is 27.5. The van der Waals surface area contributed by atoms with Crippen molar-refractivity contribution in [2.45, 2.75) is 246 Å². The second kappa shape index (κ2) is 25.9. The molecule has 20 atom stereocenters. The van der Waals surface area contributed by atoms with Crippen LogP contribution in [0.5, 0.6) is 0 Å². The fraction of sp³-hybridized carbons (Fsp3) is 1.00. The molecule has 0 N–H and O–H groups in total. The van der Waals surface area contributed by atoms with Crippen LogP contribution in [-0.2, 0) is 37.9 Å². The quantitative estimate of drug-likeness (QED) is 0.223. The SMILES string of the molecule is FC(F)(F)C(OC1C[C@@H]2C[C@H]1C1C2OC1(C(F)(F)F)C(F)(F)F)C(F)(F)F.FC(F)(F)C(OC1C[C@@H]2C[C@H]1C1OC(C(F)(F)F)(C(F)(F)F)C12)C(F)(F)F.FC(F)(F)C(OC1C[C@H]2C[C@@H]1C1C2OC1(C(F)(F)F)C(F)(F)F)C(F)(F)F.FC(F)(F)C(OC1C[C@H]2C[C@@H]1C1OC(C(F)(F)F)(C(F)(F)F)C12)C(F)(F)F. The minimum atomic E-state index is -5.94. The highest BCUT2D eigenvalue weighted by molar-refractivity contribution is 5.25. The number of rotatable bonds is 8. The first-order valence-corrected chi connectivity index (χ1v) is 30.0. The van der Waals surface area contributed by atoms with Crippen LogP contribution in [-0.4, -0.2) is 194 Å². The summed E-state index contributed by atoms with van der Waals surface area (Å²) in [7, 11) is 0. The summed E-state index contributed by atoms with van der Waals surface area (Å²) in [4.78, 5) is 0. The first kappa shape index (κ1) is 88.3. The predicted octanol–water partition coefficient (Wildman–Crippen LogP) is 19.1. The Morgan fingerprint density at radius 3 is 0.528 bits per heavy atom. The van der Waals surface area contributed by atoms with Gasteiger partial charge < -0.3 is 37.9 Å². The minimum Gasteiger partial charge on any atom is -0.357 e. The standard InChI is InChI=1S/4C13H10F12O2/c2*14-10(15,16)8(11(17,18)19)26-5-2-3-1-4(5)6-7(3)27-9(6,12(20,21)22)13(23,24)25;2*14-10(15,16)8(11(17,18)19)26-5-2-3-1-4(5)7-6(3)9(27-7,12(20,21)22)13(23,24)25/h4*3-8H,1-2H2/t4*3-,4+,5?,6?,7?/m1010/s1. The highest BCUT2D eigenvalue weighted by atomic mass is 19.5. The summed E-state index contributed by atoms with van der Waals surface area (Å²) >= 11 is 0. The molecule has 8 nitrogen and oxygen atoms in total. The zero-order valence-electron chi connectivity index (χ0n) is 50.9. The summed E-state index contributed by atoms with van der Waals surface area (Å²) in [6, 6.07) is 0. The Balaban J connectivity index is 0.000000166. The molecule has 0 amide bonds. The van der Waals surface area contributed by atoms with Gasteiger partial charge in [0.2, 0.25) is 24.4 Å². The summed E-state index contributed by atoms with van der Waals surface area (Å²) in [6.45, 7) is 0. The Bertz CT molecular complexity index is 2850. The van der Waals surface area contributed by atoms with Crippen molar-refractivity contribution >= 4 is 0 Å². The maximum Gasteiger partial charge on any atom is 0.426 e. The van der Waals surface area contributed by atoms with E-state index in [1.165, 1.54) is 0 Å². The first-order chi connectivity index (χ1) is 47.6. The molecule has 0 aromatic carbocycles. The Morgan fingerprint density at radius 2 is 0.352 bits per heavy atom. The van der Waals surface area contributed by atoms with Gasteiger partial charge >= 0.3 is 98.8 Å². The molecule has 12 fully saturated rings. The molecule has 632 valence electrons. The van der Waals surface area contributed by atoms with E-state index < -0.39 is 317 Å². The third-order valence-electron chi connectivity index (χ3n) is 21.6. The van der Waals surface area contributed by atoms with Crippen LogP contribution in [0.15, 0.2) is 0 Å². The van der Waals surface area contributed by atoms with Crippen LogP contribution >= 0.6 is 0 Å². The number of alkyl halides is 48. The third kappa shape index (κ3) is 14.2. The van der Waals surface area contributed by atoms with Crippen LogP contribution in [0, 0.1) is 71.0 Å². The van der Waals surface area contributed by atoms with Gasteiger partial charge in [0, 0.05) is 35.5 Å². The van der Waals surface area contributed by atoms with Crippen molar-refractivity contribution in [3.63, 3.8) is 0 Å². The lowest BCUT2D eigenvalue weighted by Crippen LogP contribution is -2.77. The van der Waals surface area contributed by atoms with E-state index in [9.17, 15) is 211 Å². The molecule has 4 saturated heterocycles. The largest absolute Gasteiger partial charge is 0.426 e. The normalized spacial score (nSPS) is 36.1. The van der Waals surface area contributed by atoms with Crippen LogP contribution in [0.2, 0.25) is 0 Å². The van der Waals surface area contributed by atoms with Gasteiger partial charge in [-0.3, -0.25) is 0 Å². The molecule has 56 heteroatoms. The van der Waals surface area contributed by atoms with Gasteiger partial charge in [0.25, 0.3) is 22.4 Å². The molecule has 4 heterocycles. The van der Waals surface area contributed by atoms with E-state index >= 15 is 0 Å². The van der Waals surface area contributed by atoms with Crippen molar-refractivity contribution in [2.24, 2.45) is 71.0 Å². The van der Waals surface area contributed by atoms with Gasteiger partial charge in [-0.2, -0.15) is 211 Å². The number of hydrogen-bond donors (Lipinski definition) is 0. The van der Waals surface area contributed by atoms with Gasteiger partial charge in [-0.25, -0.2) is 0 Å². The van der Waals surface area contributed by atoms with Gasteiger partial charge in [-0.1, -0.05) is 0 Å². The van der Waals surface area contributed by atoms with Crippen LogP contribution in [0.3, 0.4) is 0 Å². The number of fused-ring (bicyclic) bond motifs is 20. The Labute approximate surface area is 565 Å². The highest BCUT2D eigenvalue weighted by Gasteiger charge is 2.92. The lowest BCUT2D eigenvalue weighted by atomic mass is 9.67. The molecule has 0 radical (unpaired) electrons. The average Bonchev–Trinajstić information content (AvgIpc) is 1.46. The van der Waals surface area contributed by atoms with Gasteiger partial charge in [-0.15, -0.1) is 0 Å². The van der Waals surface area contributed by atoms with Gasteiger partial charge in [0.15, 0.2) is 0 Å². The molecule has 108 heavy (non-hydrogen) atoms. The smallest absolute Gasteiger partial charge is 0.357 e. The van der Waals surface area contributed by atoms with Crippen LogP contribution in [0.4, 0.5) is 211 Å². The van der Waals surface area contributed by atoms with E-state index in [-0.39, 0.29) is 0 Å². The van der Waals surface area contributed by atoms with Gasteiger partial charge in [0.05, 0.1) is 48.8 Å². The molecule has 0 aromatic rings. The summed E-state index contributed by atoms with van der Waals surface area (Å²) < 4.78 is 649. The van der Waals surface area contributed by atoms with Crippen LogP contribution in [0.25, 0.3) is 0 Å². The lowest BCUT2D eigenvalue weighted by molar-refractivity contribution is -0.475. The van der Waals surface area contributed by atoms with E-state index in [2.05, 4.69) is 37.9 Å². The Kier molecular flexibility index (Phi) is 21.2. The topological polar surface area (TPSA) is 73.8 Å². The molecule has 12 rings (SSSR count). The van der Waals surface area contributed by atoms with E-state index in [1.54, 1.807) is 0 Å². The minimum absolute atomic E-state index is 0.434. The van der Waals surface area contributed by atoms with Gasteiger partial charge in [-0.05, 0) is 86.9 Å². The molecule has 12 unspecified atom stereocenters. The molecule has 8 bridgehead atoms. The maximum atomic E-state index is 13.1. The molecule has 0 spiro atoms. The fourth-order valence-electron chi connectivity index (χ4n) is 18.1. The summed E-state index contributed by atoms with van der Waals surface area (Å²) in [5.74, 6) is -20.2. The molecular formula is C52H40F48O8. The molecule has 0 aromatic heterocycles. The van der Waals surface area contributed by atoms with Crippen molar-refractivity contribution in [3.05, 3.63) is 0 Å². The highest BCUT2D eigenvalue weighted by Crippen LogP contribution is 2.75. The average molecular weight is 1700 g/mol. The molecule has 8 aliphatic carbocycles. The zero-order chi connectivity index (χ0) is 83.2. The van der Waals surface area contributed by atoms with Crippen LogP contribution < -0.4 is 0 Å². The van der Waals surface area contributed by atoms with Crippen molar-refractivity contribution in [1.82, 2.24) is 0 Å². The second-order valence-corrected chi connectivity index (χ2v) is 27.5. The summed E-state index contributed by atoms with van der Waals surface area (Å²) in [5.41, 5.74) is -18.1. The van der Waals surface area contributed by atoms with Crippen molar-refractivity contribution < 1.29 is 249 Å². The Morgan fingerprint density at radius 1 is 0.194 bits per heavy atom. The van der Waals surface area contributed by atoms with Gasteiger partial charge in [0.1, 0.15) is 0 Å². The lowest BCUT2D eigenvalue weighted by Gasteiger charge is -2.58. The van der Waals surface area contributed by atoms with Crippen molar-refractivity contribution in [1.29, 1.82) is 0 Å². The summed E-state index contributed by atoms with van der Waals surface area (Å²) in [5, 5.41) is 0. The molecule has 4 aliphatic heterocycles. The maximum absolute atomic E-state index is 13.1. The number of ether oxygens (including phenoxy) is 8. The number of halogens is 48. The van der Waals surface area contributed by atoms with E-state index in [1.807, 2.05) is 0 Å². The summed E-state index contributed by atoms with van der Waals surface area (Å²) in [6.07, 6.45) is -130. The Hall–Kier alpha value is -3.68. The van der Waals surface area contributed by atoms with E-state index in [0.29, 0.717) is 0 Å². The fourth-order valence-corrected chi connectivity index (χ4v) is 18.1. The van der Waals surface area contributed by atoms with Crippen molar-refractivity contribution in [2.75, 3.05) is 0 Å². The van der Waals surface area contributed by atoms with Crippen molar-refractivity contribution in [3.8, 4) is 0 Å². The molecule has 12 aliphatic rings. The zero-order valence-corrected chi connectivity index (χ0v) is 50.9. The van der Waals surface area contributed by atoms with E-state index in [4.69, 9.17) is 0 Å². The third-order valence-corrected chi connectivity index (χ3v) is 21.6. The van der Waals surface area contributed by atoms with Crippen LogP contribution in [0.1, 0.15) is 51.4 Å². The molecular weight excluding hydrogens is 1660 g/mol. The number of hydrogen-bond acceptors (Lipinski definition) is 8. The molecule has 8 saturated carbocycles. The predicted molar refractivity (Wildman–Crippen MR) is 241 cm³/mol.